The molecule has 1 aliphatic heterocycles. The van der Waals surface area contributed by atoms with Crippen LogP contribution in [0.2, 0.25) is 10.0 Å². The van der Waals surface area contributed by atoms with Crippen molar-refractivity contribution >= 4 is 34.9 Å². The highest BCUT2D eigenvalue weighted by Gasteiger charge is 2.40. The maximum Gasteiger partial charge on any atom is 0.225 e. The molecule has 1 N–H and O–H groups in total. The van der Waals surface area contributed by atoms with Gasteiger partial charge in [0, 0.05) is 40.1 Å². The van der Waals surface area contributed by atoms with E-state index in [1.54, 1.807) is 12.1 Å². The molecule has 2 aliphatic rings. The van der Waals surface area contributed by atoms with Gasteiger partial charge in [-0.25, -0.2) is 0 Å². The van der Waals surface area contributed by atoms with Gasteiger partial charge in [-0.1, -0.05) is 43.1 Å². The first kappa shape index (κ1) is 15.6. The summed E-state index contributed by atoms with van der Waals surface area (Å²) in [5.74, 6) is -0.250. The number of amides is 1. The molecular formula is C17H17Cl2NO2. The summed E-state index contributed by atoms with van der Waals surface area (Å²) < 4.78 is 0. The van der Waals surface area contributed by atoms with Crippen LogP contribution in [0.4, 0.5) is 0 Å². The monoisotopic (exact) mass is 337 g/mol. The second-order valence-electron chi connectivity index (χ2n) is 6.80. The van der Waals surface area contributed by atoms with Crippen molar-refractivity contribution in [3.8, 4) is 0 Å². The molecule has 3 nitrogen and oxygen atoms in total. The van der Waals surface area contributed by atoms with Crippen molar-refractivity contribution in [2.45, 2.75) is 39.0 Å². The summed E-state index contributed by atoms with van der Waals surface area (Å²) in [7, 11) is 0. The summed E-state index contributed by atoms with van der Waals surface area (Å²) in [6.07, 6.45) is 1.43. The van der Waals surface area contributed by atoms with E-state index in [9.17, 15) is 9.59 Å². The van der Waals surface area contributed by atoms with Crippen molar-refractivity contribution in [1.82, 2.24) is 5.32 Å². The van der Waals surface area contributed by atoms with E-state index in [1.165, 1.54) is 0 Å². The summed E-state index contributed by atoms with van der Waals surface area (Å²) in [4.78, 5) is 24.7. The van der Waals surface area contributed by atoms with E-state index in [0.29, 0.717) is 28.5 Å². The van der Waals surface area contributed by atoms with E-state index in [2.05, 4.69) is 5.32 Å². The number of nitrogens with one attached hydrogen (secondary N) is 1. The zero-order chi connectivity index (χ0) is 16.1. The number of carbonyl (C=O) groups excluding carboxylic acids is 2. The predicted molar refractivity (Wildman–Crippen MR) is 87.0 cm³/mol. The van der Waals surface area contributed by atoms with Crippen LogP contribution in [0.5, 0.6) is 0 Å². The zero-order valence-corrected chi connectivity index (χ0v) is 14.0. The van der Waals surface area contributed by atoms with Gasteiger partial charge in [-0.15, -0.1) is 0 Å². The minimum Gasteiger partial charge on any atom is -0.329 e. The Morgan fingerprint density at radius 3 is 2.59 bits per heavy atom. The Hall–Kier alpha value is -1.32. The van der Waals surface area contributed by atoms with E-state index in [1.807, 2.05) is 19.9 Å². The van der Waals surface area contributed by atoms with Crippen molar-refractivity contribution < 1.29 is 9.59 Å². The number of carbonyl (C=O) groups is 2. The maximum absolute atomic E-state index is 12.6. The van der Waals surface area contributed by atoms with E-state index in [4.69, 9.17) is 23.2 Å². The SMILES string of the molecule is CC1(C)CC(=O)C2=C(C1)NC(=O)C[C@H]2c1ccc(Cl)cc1Cl. The van der Waals surface area contributed by atoms with Crippen LogP contribution >= 0.6 is 23.2 Å². The normalized spacial score (nSPS) is 24.1. The average molecular weight is 338 g/mol. The van der Waals surface area contributed by atoms with Gasteiger partial charge >= 0.3 is 0 Å². The third-order valence-corrected chi connectivity index (χ3v) is 4.85. The Morgan fingerprint density at radius 2 is 1.91 bits per heavy atom. The first-order chi connectivity index (χ1) is 10.3. The fourth-order valence-corrected chi connectivity index (χ4v) is 3.95. The van der Waals surface area contributed by atoms with E-state index < -0.39 is 0 Å². The molecule has 116 valence electrons. The fraction of sp³-hybridized carbons (Fsp3) is 0.412. The van der Waals surface area contributed by atoms with Crippen LogP contribution in [-0.4, -0.2) is 11.7 Å². The Labute approximate surface area is 139 Å². The number of hydrogen-bond acceptors (Lipinski definition) is 2. The highest BCUT2D eigenvalue weighted by atomic mass is 35.5. The van der Waals surface area contributed by atoms with Crippen LogP contribution in [0.3, 0.4) is 0 Å². The molecule has 1 aromatic rings. The lowest BCUT2D eigenvalue weighted by atomic mass is 9.70. The molecule has 0 bridgehead atoms. The van der Waals surface area contributed by atoms with E-state index in [-0.39, 0.29) is 29.4 Å². The summed E-state index contributed by atoms with van der Waals surface area (Å²) in [5, 5.41) is 3.92. The number of benzene rings is 1. The summed E-state index contributed by atoms with van der Waals surface area (Å²) in [5.41, 5.74) is 2.13. The quantitative estimate of drug-likeness (QED) is 0.832. The first-order valence-corrected chi connectivity index (χ1v) is 8.03. The second kappa shape index (κ2) is 5.39. The Morgan fingerprint density at radius 1 is 1.18 bits per heavy atom. The van der Waals surface area contributed by atoms with Crippen molar-refractivity contribution in [2.24, 2.45) is 5.41 Å². The number of rotatable bonds is 1. The molecule has 0 saturated carbocycles. The topological polar surface area (TPSA) is 46.2 Å². The number of Topliss-reactive ketones (excluding diaryl/α,β-unsaturated/α-hetero) is 1. The van der Waals surface area contributed by atoms with Gasteiger partial charge in [0.1, 0.15) is 0 Å². The number of ketones is 1. The van der Waals surface area contributed by atoms with Crippen molar-refractivity contribution in [1.29, 1.82) is 0 Å². The summed E-state index contributed by atoms with van der Waals surface area (Å²) in [6.45, 7) is 4.08. The van der Waals surface area contributed by atoms with Gasteiger partial charge in [-0.05, 0) is 29.5 Å². The van der Waals surface area contributed by atoms with Gasteiger partial charge in [0.05, 0.1) is 0 Å². The predicted octanol–water partition coefficient (Wildman–Crippen LogP) is 4.24. The molecule has 0 unspecified atom stereocenters. The standard InChI is InChI=1S/C17H17Cl2NO2/c1-17(2)7-13-16(14(21)8-17)11(6-15(22)20-13)10-4-3-9(18)5-12(10)19/h3-5,11H,6-8H2,1-2H3,(H,20,22)/t11-/m0/s1. The van der Waals surface area contributed by atoms with Crippen LogP contribution < -0.4 is 5.32 Å². The molecule has 5 heteroatoms. The second-order valence-corrected chi connectivity index (χ2v) is 7.65. The molecule has 0 aromatic heterocycles. The molecule has 1 aromatic carbocycles. The van der Waals surface area contributed by atoms with Gasteiger partial charge in [-0.2, -0.15) is 0 Å². The molecule has 3 rings (SSSR count). The Kier molecular flexibility index (Phi) is 3.82. The van der Waals surface area contributed by atoms with Gasteiger partial charge in [0.25, 0.3) is 0 Å². The minimum atomic E-state index is -0.280. The molecule has 1 atom stereocenters. The number of halogens is 2. The van der Waals surface area contributed by atoms with Crippen LogP contribution in [-0.2, 0) is 9.59 Å². The molecule has 0 fully saturated rings. The van der Waals surface area contributed by atoms with Gasteiger partial charge in [0.15, 0.2) is 5.78 Å². The van der Waals surface area contributed by atoms with E-state index in [0.717, 1.165) is 11.3 Å². The Bertz CT molecular complexity index is 707. The molecule has 0 radical (unpaired) electrons. The van der Waals surface area contributed by atoms with Crippen LogP contribution in [0.1, 0.15) is 44.6 Å². The molecule has 1 aliphatic carbocycles. The van der Waals surface area contributed by atoms with Crippen molar-refractivity contribution in [3.05, 3.63) is 45.1 Å². The van der Waals surface area contributed by atoms with Crippen molar-refractivity contribution in [2.75, 3.05) is 0 Å². The Balaban J connectivity index is 2.11. The maximum atomic E-state index is 12.6. The summed E-state index contributed by atoms with van der Waals surface area (Å²) in [6, 6.07) is 5.21. The molecule has 0 saturated heterocycles. The first-order valence-electron chi connectivity index (χ1n) is 7.28. The number of hydrogen-bond donors (Lipinski definition) is 1. The molecule has 1 heterocycles. The lowest BCUT2D eigenvalue weighted by Crippen LogP contribution is -2.40. The van der Waals surface area contributed by atoms with E-state index >= 15 is 0 Å². The molecule has 0 spiro atoms. The molecule has 1 amide bonds. The van der Waals surface area contributed by atoms with Gasteiger partial charge < -0.3 is 5.32 Å². The molecular weight excluding hydrogens is 321 g/mol. The zero-order valence-electron chi connectivity index (χ0n) is 12.5. The lowest BCUT2D eigenvalue weighted by molar-refractivity contribution is -0.122. The van der Waals surface area contributed by atoms with Crippen LogP contribution in [0, 0.1) is 5.41 Å². The highest BCUT2D eigenvalue weighted by molar-refractivity contribution is 6.35. The fourth-order valence-electron chi connectivity index (χ4n) is 3.41. The van der Waals surface area contributed by atoms with Crippen LogP contribution in [0.25, 0.3) is 0 Å². The lowest BCUT2D eigenvalue weighted by Gasteiger charge is -2.38. The van der Waals surface area contributed by atoms with Gasteiger partial charge in [0.2, 0.25) is 5.91 Å². The highest BCUT2D eigenvalue weighted by Crippen LogP contribution is 2.45. The third kappa shape index (κ3) is 2.80. The molecule has 22 heavy (non-hydrogen) atoms. The van der Waals surface area contributed by atoms with Gasteiger partial charge in [-0.3, -0.25) is 9.59 Å². The minimum absolute atomic E-state index is 0.0692. The number of allylic oxidation sites excluding steroid dienone is 2. The average Bonchev–Trinajstić information content (AvgIpc) is 2.35. The third-order valence-electron chi connectivity index (χ3n) is 4.29. The smallest absolute Gasteiger partial charge is 0.225 e. The summed E-state index contributed by atoms with van der Waals surface area (Å²) >= 11 is 12.2. The largest absolute Gasteiger partial charge is 0.329 e. The van der Waals surface area contributed by atoms with Crippen LogP contribution in [0.15, 0.2) is 29.5 Å². The van der Waals surface area contributed by atoms with Crippen molar-refractivity contribution in [3.63, 3.8) is 0 Å².